The Balaban J connectivity index is 2.82. The van der Waals surface area contributed by atoms with Crippen molar-refractivity contribution in [3.63, 3.8) is 0 Å². The summed E-state index contributed by atoms with van der Waals surface area (Å²) in [4.78, 5) is 23.2. The SMILES string of the molecule is CC(C)(NS(C)(=O)=O)C(=O)NC(CCC(=O)O)Cc1ccccc1. The Morgan fingerprint density at radius 2 is 1.79 bits per heavy atom. The van der Waals surface area contributed by atoms with Crippen LogP contribution in [0.25, 0.3) is 0 Å². The summed E-state index contributed by atoms with van der Waals surface area (Å²) in [5.74, 6) is -1.45. The Bertz CT molecular complexity index is 671. The molecule has 134 valence electrons. The molecule has 0 aliphatic carbocycles. The summed E-state index contributed by atoms with van der Waals surface area (Å²) in [5.41, 5.74) is -0.367. The topological polar surface area (TPSA) is 113 Å². The van der Waals surface area contributed by atoms with Crippen LogP contribution in [0, 0.1) is 0 Å². The maximum Gasteiger partial charge on any atom is 0.303 e. The predicted octanol–water partition coefficient (Wildman–Crippen LogP) is 0.907. The first-order chi connectivity index (χ1) is 11.0. The molecule has 24 heavy (non-hydrogen) atoms. The molecule has 1 rings (SSSR count). The monoisotopic (exact) mass is 356 g/mol. The first-order valence-corrected chi connectivity index (χ1v) is 9.44. The van der Waals surface area contributed by atoms with E-state index in [0.29, 0.717) is 6.42 Å². The third kappa shape index (κ3) is 7.56. The molecular weight excluding hydrogens is 332 g/mol. The van der Waals surface area contributed by atoms with Crippen molar-refractivity contribution >= 4 is 21.9 Å². The standard InChI is InChI=1S/C16H24N2O5S/c1-16(2,18-24(3,22)23)15(21)17-13(9-10-14(19)20)11-12-7-5-4-6-8-12/h4-8,13,18H,9-11H2,1-3H3,(H,17,21)(H,19,20). The van der Waals surface area contributed by atoms with E-state index >= 15 is 0 Å². The molecule has 0 fully saturated rings. The van der Waals surface area contributed by atoms with Gasteiger partial charge in [-0.05, 0) is 32.3 Å². The Kier molecular flexibility index (Phi) is 6.92. The molecular formula is C16H24N2O5S. The van der Waals surface area contributed by atoms with Gasteiger partial charge >= 0.3 is 5.97 Å². The molecule has 0 saturated carbocycles. The first-order valence-electron chi connectivity index (χ1n) is 7.55. The number of benzene rings is 1. The van der Waals surface area contributed by atoms with E-state index in [1.807, 2.05) is 30.3 Å². The fraction of sp³-hybridized carbons (Fsp3) is 0.500. The Labute approximate surface area is 142 Å². The summed E-state index contributed by atoms with van der Waals surface area (Å²) >= 11 is 0. The molecule has 1 aromatic rings. The number of aliphatic carboxylic acids is 1. The van der Waals surface area contributed by atoms with Gasteiger partial charge in [0.15, 0.2) is 0 Å². The lowest BCUT2D eigenvalue weighted by Crippen LogP contribution is -2.56. The lowest BCUT2D eigenvalue weighted by molar-refractivity contribution is -0.137. The van der Waals surface area contributed by atoms with Crippen molar-refractivity contribution in [3.05, 3.63) is 35.9 Å². The number of hydrogen-bond acceptors (Lipinski definition) is 4. The molecule has 1 amide bonds. The number of sulfonamides is 1. The van der Waals surface area contributed by atoms with Crippen molar-refractivity contribution in [2.75, 3.05) is 6.26 Å². The summed E-state index contributed by atoms with van der Waals surface area (Å²) in [6.07, 6.45) is 1.62. The molecule has 1 unspecified atom stereocenters. The van der Waals surface area contributed by atoms with Crippen LogP contribution >= 0.6 is 0 Å². The highest BCUT2D eigenvalue weighted by molar-refractivity contribution is 7.88. The summed E-state index contributed by atoms with van der Waals surface area (Å²) in [6.45, 7) is 2.92. The summed E-state index contributed by atoms with van der Waals surface area (Å²) in [6, 6.07) is 8.96. The van der Waals surface area contributed by atoms with E-state index in [9.17, 15) is 18.0 Å². The molecule has 7 nitrogen and oxygen atoms in total. The molecule has 0 aromatic heterocycles. The van der Waals surface area contributed by atoms with Crippen molar-refractivity contribution < 1.29 is 23.1 Å². The average Bonchev–Trinajstić information content (AvgIpc) is 2.43. The maximum atomic E-state index is 12.4. The van der Waals surface area contributed by atoms with Gasteiger partial charge in [0.25, 0.3) is 0 Å². The predicted molar refractivity (Wildman–Crippen MR) is 91.0 cm³/mol. The lowest BCUT2D eigenvalue weighted by Gasteiger charge is -2.27. The lowest BCUT2D eigenvalue weighted by atomic mass is 9.99. The molecule has 0 radical (unpaired) electrons. The minimum Gasteiger partial charge on any atom is -0.481 e. The number of carbonyl (C=O) groups excluding carboxylic acids is 1. The fourth-order valence-electron chi connectivity index (χ4n) is 2.30. The zero-order valence-electron chi connectivity index (χ0n) is 14.1. The number of carbonyl (C=O) groups is 2. The normalized spacial score (nSPS) is 13.3. The molecule has 0 aliphatic rings. The number of amides is 1. The van der Waals surface area contributed by atoms with Crippen molar-refractivity contribution in [1.82, 2.24) is 10.0 Å². The van der Waals surface area contributed by atoms with E-state index in [-0.39, 0.29) is 12.8 Å². The van der Waals surface area contributed by atoms with Crippen molar-refractivity contribution in [3.8, 4) is 0 Å². The van der Waals surface area contributed by atoms with Gasteiger partial charge in [-0.2, -0.15) is 0 Å². The van der Waals surface area contributed by atoms with E-state index in [1.54, 1.807) is 0 Å². The second-order valence-electron chi connectivity index (χ2n) is 6.29. The number of carboxylic acid groups (broad SMARTS) is 1. The molecule has 1 aromatic carbocycles. The Morgan fingerprint density at radius 1 is 1.21 bits per heavy atom. The van der Waals surface area contributed by atoms with Gasteiger partial charge in [-0.3, -0.25) is 9.59 Å². The smallest absolute Gasteiger partial charge is 0.303 e. The quantitative estimate of drug-likeness (QED) is 0.609. The van der Waals surface area contributed by atoms with E-state index in [1.165, 1.54) is 13.8 Å². The molecule has 0 bridgehead atoms. The second kappa shape index (κ2) is 8.25. The number of hydrogen-bond donors (Lipinski definition) is 3. The van der Waals surface area contributed by atoms with Gasteiger partial charge in [-0.15, -0.1) is 0 Å². The largest absolute Gasteiger partial charge is 0.481 e. The van der Waals surface area contributed by atoms with Crippen LogP contribution < -0.4 is 10.0 Å². The van der Waals surface area contributed by atoms with Gasteiger partial charge in [-0.25, -0.2) is 13.1 Å². The Hall–Kier alpha value is -1.93. The van der Waals surface area contributed by atoms with Gasteiger partial charge in [0.05, 0.1) is 6.26 Å². The molecule has 8 heteroatoms. The highest BCUT2D eigenvalue weighted by Gasteiger charge is 2.32. The highest BCUT2D eigenvalue weighted by atomic mass is 32.2. The van der Waals surface area contributed by atoms with Crippen LogP contribution in [0.4, 0.5) is 0 Å². The number of nitrogens with one attached hydrogen (secondary N) is 2. The molecule has 3 N–H and O–H groups in total. The van der Waals surface area contributed by atoms with Gasteiger partial charge in [0.1, 0.15) is 5.54 Å². The molecule has 0 aliphatic heterocycles. The Morgan fingerprint density at radius 3 is 2.29 bits per heavy atom. The number of rotatable bonds is 9. The minimum atomic E-state index is -3.55. The van der Waals surface area contributed by atoms with Crippen molar-refractivity contribution in [2.24, 2.45) is 0 Å². The van der Waals surface area contributed by atoms with E-state index < -0.39 is 33.5 Å². The van der Waals surface area contributed by atoms with Crippen LogP contribution in [0.1, 0.15) is 32.3 Å². The highest BCUT2D eigenvalue weighted by Crippen LogP contribution is 2.11. The third-order valence-corrected chi connectivity index (χ3v) is 4.26. The van der Waals surface area contributed by atoms with Gasteiger partial charge in [-0.1, -0.05) is 30.3 Å². The second-order valence-corrected chi connectivity index (χ2v) is 8.04. The summed E-state index contributed by atoms with van der Waals surface area (Å²) in [7, 11) is -3.55. The van der Waals surface area contributed by atoms with Crippen LogP contribution in [-0.2, 0) is 26.0 Å². The van der Waals surface area contributed by atoms with Gasteiger partial charge < -0.3 is 10.4 Å². The maximum absolute atomic E-state index is 12.4. The summed E-state index contributed by atoms with van der Waals surface area (Å²) < 4.78 is 25.0. The van der Waals surface area contributed by atoms with Gasteiger partial charge in [0, 0.05) is 12.5 Å². The average molecular weight is 356 g/mol. The van der Waals surface area contributed by atoms with Crippen molar-refractivity contribution in [2.45, 2.75) is 44.7 Å². The van der Waals surface area contributed by atoms with E-state index in [0.717, 1.165) is 11.8 Å². The van der Waals surface area contributed by atoms with Crippen LogP contribution in [-0.4, -0.2) is 43.2 Å². The van der Waals surface area contributed by atoms with Crippen molar-refractivity contribution in [1.29, 1.82) is 0 Å². The zero-order chi connectivity index (χ0) is 18.4. The molecule has 0 saturated heterocycles. The van der Waals surface area contributed by atoms with Gasteiger partial charge in [0.2, 0.25) is 15.9 Å². The molecule has 0 heterocycles. The number of carboxylic acids is 1. The minimum absolute atomic E-state index is 0.0856. The molecule has 0 spiro atoms. The van der Waals surface area contributed by atoms with E-state index in [2.05, 4.69) is 10.0 Å². The van der Waals surface area contributed by atoms with Crippen LogP contribution in [0.2, 0.25) is 0 Å². The van der Waals surface area contributed by atoms with Crippen LogP contribution in [0.5, 0.6) is 0 Å². The van der Waals surface area contributed by atoms with E-state index in [4.69, 9.17) is 5.11 Å². The molecule has 1 atom stereocenters. The summed E-state index contributed by atoms with van der Waals surface area (Å²) in [5, 5.41) is 11.6. The zero-order valence-corrected chi connectivity index (χ0v) is 14.9. The van der Waals surface area contributed by atoms with Crippen LogP contribution in [0.15, 0.2) is 30.3 Å². The van der Waals surface area contributed by atoms with Crippen LogP contribution in [0.3, 0.4) is 0 Å². The first kappa shape index (κ1) is 20.1. The third-order valence-electron chi connectivity index (χ3n) is 3.38. The fourth-order valence-corrected chi connectivity index (χ4v) is 3.32.